The smallest absolute Gasteiger partial charge is 0.0178 e. The fourth-order valence-corrected chi connectivity index (χ4v) is 2.11. The van der Waals surface area contributed by atoms with Crippen molar-refractivity contribution in [2.45, 2.75) is 26.2 Å². The predicted octanol–water partition coefficient (Wildman–Crippen LogP) is 3.54. The first-order valence-corrected chi connectivity index (χ1v) is 5.88. The van der Waals surface area contributed by atoms with Crippen molar-refractivity contribution in [1.82, 2.24) is 0 Å². The van der Waals surface area contributed by atoms with Crippen LogP contribution < -0.4 is 5.73 Å². The summed E-state index contributed by atoms with van der Waals surface area (Å²) in [7, 11) is 0. The molecule has 0 radical (unpaired) electrons. The summed E-state index contributed by atoms with van der Waals surface area (Å²) in [5.41, 5.74) is 7.13. The molecule has 1 aromatic rings. The van der Waals surface area contributed by atoms with E-state index < -0.39 is 0 Å². The quantitative estimate of drug-likeness (QED) is 0.876. The zero-order valence-electron chi connectivity index (χ0n) is 8.83. The lowest BCUT2D eigenvalue weighted by atomic mass is 9.90. The Labute approximate surface area is 94.8 Å². The van der Waals surface area contributed by atoms with E-state index in [2.05, 4.69) is 48.0 Å². The van der Waals surface area contributed by atoms with Crippen molar-refractivity contribution < 1.29 is 0 Å². The van der Waals surface area contributed by atoms with Gasteiger partial charge in [0.15, 0.2) is 0 Å². The van der Waals surface area contributed by atoms with Crippen LogP contribution in [0.25, 0.3) is 0 Å². The first-order valence-electron chi connectivity index (χ1n) is 5.09. The van der Waals surface area contributed by atoms with Crippen LogP contribution in [-0.2, 0) is 0 Å². The summed E-state index contributed by atoms with van der Waals surface area (Å²) < 4.78 is 1.14. The molecule has 0 aromatic heterocycles. The molecule has 14 heavy (non-hydrogen) atoms. The van der Waals surface area contributed by atoms with E-state index in [1.165, 1.54) is 5.56 Å². The molecule has 0 bridgehead atoms. The molecule has 0 aliphatic rings. The van der Waals surface area contributed by atoms with Gasteiger partial charge in [-0.15, -0.1) is 0 Å². The third-order valence-corrected chi connectivity index (χ3v) is 2.85. The summed E-state index contributed by atoms with van der Waals surface area (Å²) in [5.74, 6) is 1.19. The topological polar surface area (TPSA) is 26.0 Å². The van der Waals surface area contributed by atoms with Crippen LogP contribution in [0.3, 0.4) is 0 Å². The van der Waals surface area contributed by atoms with Crippen molar-refractivity contribution >= 4 is 15.9 Å². The summed E-state index contributed by atoms with van der Waals surface area (Å²) in [6.07, 6.45) is 1.16. The van der Waals surface area contributed by atoms with Gasteiger partial charge in [-0.25, -0.2) is 0 Å². The van der Waals surface area contributed by atoms with Crippen LogP contribution in [0.15, 0.2) is 28.7 Å². The molecule has 0 aliphatic carbocycles. The monoisotopic (exact) mass is 255 g/mol. The summed E-state index contributed by atoms with van der Waals surface area (Å²) in [6, 6.07) is 8.44. The van der Waals surface area contributed by atoms with Gasteiger partial charge in [0.2, 0.25) is 0 Å². The Morgan fingerprint density at radius 1 is 1.36 bits per heavy atom. The highest BCUT2D eigenvalue weighted by molar-refractivity contribution is 9.10. The Hall–Kier alpha value is -0.340. The molecule has 2 N–H and O–H groups in total. The molecule has 78 valence electrons. The average Bonchev–Trinajstić information content (AvgIpc) is 2.14. The lowest BCUT2D eigenvalue weighted by Gasteiger charge is -2.17. The van der Waals surface area contributed by atoms with Crippen molar-refractivity contribution in [3.05, 3.63) is 34.3 Å². The predicted molar refractivity (Wildman–Crippen MR) is 65.4 cm³/mol. The van der Waals surface area contributed by atoms with Gasteiger partial charge in [0.25, 0.3) is 0 Å². The fraction of sp³-hybridized carbons (Fsp3) is 0.500. The lowest BCUT2D eigenvalue weighted by Crippen LogP contribution is -2.14. The number of hydrogen-bond donors (Lipinski definition) is 1. The summed E-state index contributed by atoms with van der Waals surface area (Å²) in [6.45, 7) is 5.20. The van der Waals surface area contributed by atoms with Crippen molar-refractivity contribution in [3.8, 4) is 0 Å². The first-order chi connectivity index (χ1) is 6.63. The van der Waals surface area contributed by atoms with Gasteiger partial charge < -0.3 is 5.73 Å². The van der Waals surface area contributed by atoms with Crippen molar-refractivity contribution in [2.24, 2.45) is 11.7 Å². The summed E-state index contributed by atoms with van der Waals surface area (Å²) in [4.78, 5) is 0. The maximum absolute atomic E-state index is 5.79. The zero-order valence-corrected chi connectivity index (χ0v) is 10.4. The molecular formula is C12H18BrN. The maximum atomic E-state index is 5.79. The average molecular weight is 256 g/mol. The van der Waals surface area contributed by atoms with Gasteiger partial charge in [-0.1, -0.05) is 41.9 Å². The largest absolute Gasteiger partial charge is 0.330 e. The van der Waals surface area contributed by atoms with Crippen LogP contribution in [0.5, 0.6) is 0 Å². The second kappa shape index (κ2) is 5.52. The van der Waals surface area contributed by atoms with Crippen molar-refractivity contribution in [2.75, 3.05) is 6.54 Å². The molecule has 0 saturated carbocycles. The van der Waals surface area contributed by atoms with Crippen molar-refractivity contribution in [3.63, 3.8) is 0 Å². The highest BCUT2D eigenvalue weighted by Crippen LogP contribution is 2.24. The molecule has 0 fully saturated rings. The summed E-state index contributed by atoms with van der Waals surface area (Å²) >= 11 is 3.49. The number of rotatable bonds is 4. The molecule has 2 heteroatoms. The second-order valence-corrected chi connectivity index (χ2v) is 5.03. The fourth-order valence-electron chi connectivity index (χ4n) is 1.70. The normalized spacial score (nSPS) is 13.2. The first kappa shape index (κ1) is 11.7. The Bertz CT molecular complexity index is 283. The van der Waals surface area contributed by atoms with Crippen LogP contribution in [0, 0.1) is 5.92 Å². The van der Waals surface area contributed by atoms with E-state index in [1.54, 1.807) is 0 Å². The van der Waals surface area contributed by atoms with Gasteiger partial charge in [-0.3, -0.25) is 0 Å². The van der Waals surface area contributed by atoms with Crippen LogP contribution in [0.4, 0.5) is 0 Å². The van der Waals surface area contributed by atoms with Gasteiger partial charge in [0, 0.05) is 4.47 Å². The van der Waals surface area contributed by atoms with Crippen LogP contribution in [-0.4, -0.2) is 6.54 Å². The molecule has 0 aliphatic heterocycles. The standard InChI is InChI=1S/C12H18BrN/c1-9(2)6-11(8-14)10-4-3-5-12(13)7-10/h3-5,7,9,11H,6,8,14H2,1-2H3. The second-order valence-electron chi connectivity index (χ2n) is 4.12. The van der Waals surface area contributed by atoms with E-state index in [9.17, 15) is 0 Å². The molecule has 1 rings (SSSR count). The minimum absolute atomic E-state index is 0.493. The molecule has 1 unspecified atom stereocenters. The molecule has 0 heterocycles. The van der Waals surface area contributed by atoms with Gasteiger partial charge in [-0.05, 0) is 42.5 Å². The molecule has 1 atom stereocenters. The van der Waals surface area contributed by atoms with Gasteiger partial charge >= 0.3 is 0 Å². The lowest BCUT2D eigenvalue weighted by molar-refractivity contribution is 0.504. The Balaban J connectivity index is 2.78. The minimum atomic E-state index is 0.493. The van der Waals surface area contributed by atoms with Gasteiger partial charge in [-0.2, -0.15) is 0 Å². The van der Waals surface area contributed by atoms with E-state index in [-0.39, 0.29) is 0 Å². The van der Waals surface area contributed by atoms with E-state index in [1.807, 2.05) is 6.07 Å². The Kier molecular flexibility index (Phi) is 4.63. The number of halogens is 1. The van der Waals surface area contributed by atoms with E-state index in [4.69, 9.17) is 5.73 Å². The highest BCUT2D eigenvalue weighted by Gasteiger charge is 2.11. The van der Waals surface area contributed by atoms with E-state index >= 15 is 0 Å². The van der Waals surface area contributed by atoms with E-state index in [0.717, 1.165) is 17.4 Å². The van der Waals surface area contributed by atoms with Crippen LogP contribution in [0.2, 0.25) is 0 Å². The van der Waals surface area contributed by atoms with Gasteiger partial charge in [0.1, 0.15) is 0 Å². The zero-order chi connectivity index (χ0) is 10.6. The SMILES string of the molecule is CC(C)CC(CN)c1cccc(Br)c1. The molecule has 0 saturated heterocycles. The molecule has 1 nitrogen and oxygen atoms in total. The number of nitrogens with two attached hydrogens (primary N) is 1. The minimum Gasteiger partial charge on any atom is -0.330 e. The van der Waals surface area contributed by atoms with Crippen LogP contribution >= 0.6 is 15.9 Å². The Morgan fingerprint density at radius 3 is 2.57 bits per heavy atom. The summed E-state index contributed by atoms with van der Waals surface area (Å²) in [5, 5.41) is 0. The molecule has 0 spiro atoms. The molecular weight excluding hydrogens is 238 g/mol. The Morgan fingerprint density at radius 2 is 2.07 bits per heavy atom. The number of hydrogen-bond acceptors (Lipinski definition) is 1. The number of benzene rings is 1. The van der Waals surface area contributed by atoms with Crippen molar-refractivity contribution in [1.29, 1.82) is 0 Å². The highest BCUT2D eigenvalue weighted by atomic mass is 79.9. The third-order valence-electron chi connectivity index (χ3n) is 2.36. The van der Waals surface area contributed by atoms with Crippen LogP contribution in [0.1, 0.15) is 31.7 Å². The van der Waals surface area contributed by atoms with Gasteiger partial charge in [0.05, 0.1) is 0 Å². The maximum Gasteiger partial charge on any atom is 0.0178 e. The molecule has 1 aromatic carbocycles. The van der Waals surface area contributed by atoms with E-state index in [0.29, 0.717) is 11.8 Å². The molecule has 0 amide bonds. The third kappa shape index (κ3) is 3.43.